The molecule has 3 aromatic carbocycles. The predicted octanol–water partition coefficient (Wildman–Crippen LogP) is 4.51. The van der Waals surface area contributed by atoms with Gasteiger partial charge in [0.2, 0.25) is 0 Å². The summed E-state index contributed by atoms with van der Waals surface area (Å²) in [4.78, 5) is 37.1. The van der Waals surface area contributed by atoms with Crippen molar-refractivity contribution in [1.82, 2.24) is 5.32 Å². The van der Waals surface area contributed by atoms with Crippen LogP contribution in [0.3, 0.4) is 0 Å². The second-order valence-corrected chi connectivity index (χ2v) is 9.04. The minimum absolute atomic E-state index is 0.0559. The summed E-state index contributed by atoms with van der Waals surface area (Å²) in [7, 11) is 1.33. The Morgan fingerprint density at radius 2 is 1.67 bits per heavy atom. The number of allylic oxidation sites excluding steroid dienone is 1. The number of rotatable bonds is 12. The average molecular weight is 528 g/mol. The first-order chi connectivity index (χ1) is 18.8. The number of nitrogen functional groups attached to an aromatic ring is 1. The Hall–Kier alpha value is -4.72. The summed E-state index contributed by atoms with van der Waals surface area (Å²) < 4.78 is 10.3. The zero-order valence-electron chi connectivity index (χ0n) is 22.1. The van der Waals surface area contributed by atoms with Gasteiger partial charge in [0.15, 0.2) is 0 Å². The van der Waals surface area contributed by atoms with Crippen LogP contribution < -0.4 is 11.1 Å². The van der Waals surface area contributed by atoms with Gasteiger partial charge >= 0.3 is 11.9 Å². The lowest BCUT2D eigenvalue weighted by Crippen LogP contribution is -2.25. The molecule has 1 unspecified atom stereocenters. The van der Waals surface area contributed by atoms with Gasteiger partial charge in [-0.2, -0.15) is 0 Å². The number of benzene rings is 3. The van der Waals surface area contributed by atoms with Crippen molar-refractivity contribution in [2.75, 3.05) is 13.7 Å². The molecule has 1 amide bonds. The van der Waals surface area contributed by atoms with Crippen LogP contribution in [0.15, 0.2) is 78.9 Å². The minimum Gasteiger partial charge on any atom is -0.465 e. The quantitative estimate of drug-likeness (QED) is 0.180. The number of carbonyl (C=O) groups is 3. The molecular formula is C31H33N3O5. The highest BCUT2D eigenvalue weighted by Gasteiger charge is 2.15. The van der Waals surface area contributed by atoms with Crippen molar-refractivity contribution in [3.63, 3.8) is 0 Å². The lowest BCUT2D eigenvalue weighted by Gasteiger charge is -2.11. The summed E-state index contributed by atoms with van der Waals surface area (Å²) in [5, 5.41) is 10.3. The van der Waals surface area contributed by atoms with Gasteiger partial charge < -0.3 is 20.5 Å². The molecule has 0 aromatic heterocycles. The largest absolute Gasteiger partial charge is 0.465 e. The van der Waals surface area contributed by atoms with Gasteiger partial charge in [0.25, 0.3) is 5.91 Å². The number of hydrogen-bond donors (Lipinski definition) is 3. The van der Waals surface area contributed by atoms with Crippen molar-refractivity contribution in [2.45, 2.75) is 26.4 Å². The SMILES string of the molecule is COC(=O)c1ccc(CCNC(=O)c2ccc(C(=N)N)cc2)cc1C=CCC(C)C(=O)OCc1ccccc1. The summed E-state index contributed by atoms with van der Waals surface area (Å²) in [6.45, 7) is 2.41. The van der Waals surface area contributed by atoms with E-state index < -0.39 is 5.97 Å². The molecule has 8 nitrogen and oxygen atoms in total. The van der Waals surface area contributed by atoms with Gasteiger partial charge in [0, 0.05) is 17.7 Å². The average Bonchev–Trinajstić information content (AvgIpc) is 2.96. The molecule has 39 heavy (non-hydrogen) atoms. The lowest BCUT2D eigenvalue weighted by molar-refractivity contribution is -0.149. The van der Waals surface area contributed by atoms with Crippen LogP contribution in [0, 0.1) is 11.3 Å². The third kappa shape index (κ3) is 8.67. The number of esters is 2. The molecule has 0 saturated carbocycles. The Morgan fingerprint density at radius 3 is 2.33 bits per heavy atom. The molecule has 0 aliphatic carbocycles. The molecule has 1 atom stereocenters. The van der Waals surface area contributed by atoms with E-state index in [4.69, 9.17) is 20.6 Å². The zero-order valence-corrected chi connectivity index (χ0v) is 22.1. The highest BCUT2D eigenvalue weighted by Crippen LogP contribution is 2.18. The number of ether oxygens (including phenoxy) is 2. The molecule has 0 radical (unpaired) electrons. The first-order valence-electron chi connectivity index (χ1n) is 12.6. The van der Waals surface area contributed by atoms with E-state index in [1.165, 1.54) is 7.11 Å². The van der Waals surface area contributed by atoms with Gasteiger partial charge in [-0.3, -0.25) is 15.0 Å². The first kappa shape index (κ1) is 28.8. The van der Waals surface area contributed by atoms with Crippen molar-refractivity contribution in [1.29, 1.82) is 5.41 Å². The summed E-state index contributed by atoms with van der Waals surface area (Å²) in [5.41, 5.74) is 9.40. The molecule has 0 saturated heterocycles. The van der Waals surface area contributed by atoms with Crippen molar-refractivity contribution < 1.29 is 23.9 Å². The van der Waals surface area contributed by atoms with Gasteiger partial charge in [-0.25, -0.2) is 4.79 Å². The molecular weight excluding hydrogens is 494 g/mol. The fraction of sp³-hybridized carbons (Fsp3) is 0.226. The van der Waals surface area contributed by atoms with Crippen LogP contribution in [0.4, 0.5) is 0 Å². The zero-order chi connectivity index (χ0) is 28.2. The Labute approximate surface area is 228 Å². The summed E-state index contributed by atoms with van der Waals surface area (Å²) in [6, 6.07) is 21.4. The third-order valence-corrected chi connectivity index (χ3v) is 6.09. The number of amidine groups is 1. The van der Waals surface area contributed by atoms with Gasteiger partial charge in [-0.15, -0.1) is 0 Å². The van der Waals surface area contributed by atoms with Crippen molar-refractivity contribution in [2.24, 2.45) is 11.7 Å². The van der Waals surface area contributed by atoms with Crippen LogP contribution in [0.25, 0.3) is 6.08 Å². The van der Waals surface area contributed by atoms with Gasteiger partial charge in [0.05, 0.1) is 18.6 Å². The van der Waals surface area contributed by atoms with E-state index in [-0.39, 0.29) is 30.2 Å². The lowest BCUT2D eigenvalue weighted by atomic mass is 10.00. The van der Waals surface area contributed by atoms with Crippen LogP contribution in [-0.4, -0.2) is 37.3 Å². The monoisotopic (exact) mass is 527 g/mol. The number of nitrogens with two attached hydrogens (primary N) is 1. The molecule has 0 fully saturated rings. The molecule has 0 bridgehead atoms. The van der Waals surface area contributed by atoms with Crippen LogP contribution >= 0.6 is 0 Å². The summed E-state index contributed by atoms with van der Waals surface area (Å²) in [5.74, 6) is -1.39. The molecule has 4 N–H and O–H groups in total. The summed E-state index contributed by atoms with van der Waals surface area (Å²) in [6.07, 6.45) is 4.62. The second-order valence-electron chi connectivity index (χ2n) is 9.04. The molecule has 0 spiro atoms. The fourth-order valence-electron chi connectivity index (χ4n) is 3.79. The molecule has 0 aliphatic rings. The van der Waals surface area contributed by atoms with Gasteiger partial charge in [-0.05, 0) is 47.7 Å². The van der Waals surface area contributed by atoms with E-state index in [1.54, 1.807) is 43.3 Å². The Bertz CT molecular complexity index is 1330. The number of hydrogen-bond acceptors (Lipinski definition) is 6. The second kappa shape index (κ2) is 14.3. The molecule has 0 heterocycles. The standard InChI is InChI=1S/C31H33N3O5/c1-21(30(36)39-20-23-8-4-3-5-9-23)7-6-10-26-19-22(11-16-27(26)31(37)38-2)17-18-34-29(35)25-14-12-24(13-15-25)28(32)33/h3-6,8-16,19,21H,7,17-18,20H2,1-2H3,(H3,32,33)(H,34,35). The maximum atomic E-state index is 12.4. The van der Waals surface area contributed by atoms with E-state index in [2.05, 4.69) is 5.32 Å². The normalized spacial score (nSPS) is 11.5. The number of carbonyl (C=O) groups excluding carboxylic acids is 3. The van der Waals surface area contributed by atoms with Crippen molar-refractivity contribution in [3.05, 3.63) is 112 Å². The maximum absolute atomic E-state index is 12.4. The predicted molar refractivity (Wildman–Crippen MR) is 150 cm³/mol. The Morgan fingerprint density at radius 1 is 0.974 bits per heavy atom. The summed E-state index contributed by atoms with van der Waals surface area (Å²) >= 11 is 0. The first-order valence-corrected chi connectivity index (χ1v) is 12.6. The molecule has 3 rings (SSSR count). The van der Waals surface area contributed by atoms with Crippen LogP contribution in [0.2, 0.25) is 0 Å². The van der Waals surface area contributed by atoms with Crippen molar-refractivity contribution in [3.8, 4) is 0 Å². The Balaban J connectivity index is 1.58. The third-order valence-electron chi connectivity index (χ3n) is 6.09. The van der Waals surface area contributed by atoms with E-state index in [0.29, 0.717) is 41.6 Å². The van der Waals surface area contributed by atoms with E-state index in [1.807, 2.05) is 48.5 Å². The van der Waals surface area contributed by atoms with E-state index in [9.17, 15) is 14.4 Å². The van der Waals surface area contributed by atoms with E-state index >= 15 is 0 Å². The van der Waals surface area contributed by atoms with Crippen LogP contribution in [0.1, 0.15) is 56.3 Å². The fourth-order valence-corrected chi connectivity index (χ4v) is 3.79. The van der Waals surface area contributed by atoms with Crippen LogP contribution in [-0.2, 0) is 27.3 Å². The minimum atomic E-state index is -0.459. The molecule has 3 aromatic rings. The molecule has 202 valence electrons. The highest BCUT2D eigenvalue weighted by atomic mass is 16.5. The highest BCUT2D eigenvalue weighted by molar-refractivity contribution is 5.98. The number of amides is 1. The van der Waals surface area contributed by atoms with Crippen LogP contribution in [0.5, 0.6) is 0 Å². The van der Waals surface area contributed by atoms with E-state index in [0.717, 1.165) is 11.1 Å². The topological polar surface area (TPSA) is 132 Å². The molecule has 8 heteroatoms. The van der Waals surface area contributed by atoms with Gasteiger partial charge in [-0.1, -0.05) is 73.7 Å². The van der Waals surface area contributed by atoms with Crippen molar-refractivity contribution >= 4 is 29.8 Å². The number of methoxy groups -OCH3 is 1. The maximum Gasteiger partial charge on any atom is 0.338 e. The number of nitrogens with one attached hydrogen (secondary N) is 2. The Kier molecular flexibility index (Phi) is 10.6. The van der Waals surface area contributed by atoms with Gasteiger partial charge in [0.1, 0.15) is 12.4 Å². The molecule has 0 aliphatic heterocycles. The smallest absolute Gasteiger partial charge is 0.338 e.